The van der Waals surface area contributed by atoms with Gasteiger partial charge in [-0.25, -0.2) is 4.98 Å². The Balaban J connectivity index is 0.000000152. The highest BCUT2D eigenvalue weighted by molar-refractivity contribution is 9.10. The standard InChI is InChI=1S/C23H25BrN4O2.C23H24N4O2/c24-18-4-5-20(17-7-8-25-23(17)18)28-12-10-27(11-13-28)9-1-2-16-3-6-21-19(14-16)26-22(29)15-30-21;28-22-16-29-21-6-5-17(15-20(21)25-22)8-10-26-11-13-27(14-12-26)23-19-4-2-1-3-18(19)7-9-24-23/h3-8,14,25H,1-2,9-13,15H2,(H,26,29);1-7,9,15H,8,10-14,16H2,(H,25,28). The molecule has 2 amide bonds. The summed E-state index contributed by atoms with van der Waals surface area (Å²) in [7, 11) is 0. The van der Waals surface area contributed by atoms with Crippen molar-refractivity contribution in [3.8, 4) is 11.5 Å². The molecule has 6 heterocycles. The number of carbonyl (C=O) groups excluding carboxylic acids is 2. The molecule has 2 fully saturated rings. The highest BCUT2D eigenvalue weighted by atomic mass is 79.9. The molecule has 4 aromatic carbocycles. The molecule has 304 valence electrons. The zero-order chi connectivity index (χ0) is 40.1. The highest BCUT2D eigenvalue weighted by Crippen LogP contribution is 2.33. The summed E-state index contributed by atoms with van der Waals surface area (Å²) in [4.78, 5) is 40.9. The van der Waals surface area contributed by atoms with E-state index in [2.05, 4.69) is 117 Å². The number of nitrogens with one attached hydrogen (secondary N) is 3. The first-order valence-corrected chi connectivity index (χ1v) is 21.4. The summed E-state index contributed by atoms with van der Waals surface area (Å²) in [6.07, 6.45) is 6.97. The summed E-state index contributed by atoms with van der Waals surface area (Å²) in [5.41, 5.74) is 6.51. The van der Waals surface area contributed by atoms with Gasteiger partial charge in [-0.3, -0.25) is 19.4 Å². The lowest BCUT2D eigenvalue weighted by Crippen LogP contribution is -2.47. The first-order chi connectivity index (χ1) is 28.9. The second-order valence-electron chi connectivity index (χ2n) is 15.5. The minimum absolute atomic E-state index is 0.0831. The monoisotopic (exact) mass is 856 g/mol. The fourth-order valence-corrected chi connectivity index (χ4v) is 8.96. The van der Waals surface area contributed by atoms with E-state index in [-0.39, 0.29) is 25.0 Å². The van der Waals surface area contributed by atoms with Gasteiger partial charge in [0.05, 0.1) is 16.9 Å². The summed E-state index contributed by atoms with van der Waals surface area (Å²) >= 11 is 3.63. The van der Waals surface area contributed by atoms with Crippen LogP contribution in [0.4, 0.5) is 22.9 Å². The number of hydrogen-bond acceptors (Lipinski definition) is 9. The van der Waals surface area contributed by atoms with E-state index in [0.717, 1.165) is 118 Å². The van der Waals surface area contributed by atoms with Gasteiger partial charge in [-0.1, -0.05) is 36.4 Å². The fraction of sp³-hybridized carbons (Fsp3) is 0.326. The van der Waals surface area contributed by atoms with Crippen LogP contribution in [-0.4, -0.2) is 110 Å². The largest absolute Gasteiger partial charge is 0.482 e. The van der Waals surface area contributed by atoms with Crippen LogP contribution in [-0.2, 0) is 22.4 Å². The predicted octanol–water partition coefficient (Wildman–Crippen LogP) is 6.95. The van der Waals surface area contributed by atoms with Crippen molar-refractivity contribution in [2.45, 2.75) is 19.3 Å². The van der Waals surface area contributed by atoms with E-state index in [4.69, 9.17) is 9.47 Å². The first-order valence-electron chi connectivity index (χ1n) is 20.6. The number of nitrogens with zero attached hydrogens (tertiary/aromatic N) is 5. The van der Waals surface area contributed by atoms with E-state index in [9.17, 15) is 9.59 Å². The number of benzene rings is 4. The number of anilines is 4. The van der Waals surface area contributed by atoms with Crippen LogP contribution in [0.15, 0.2) is 102 Å². The molecule has 4 aliphatic rings. The van der Waals surface area contributed by atoms with E-state index in [1.165, 1.54) is 38.5 Å². The Morgan fingerprint density at radius 3 is 2.00 bits per heavy atom. The van der Waals surface area contributed by atoms with Crippen LogP contribution in [0.25, 0.3) is 21.7 Å². The summed E-state index contributed by atoms with van der Waals surface area (Å²) in [6, 6.07) is 29.2. The van der Waals surface area contributed by atoms with Crippen LogP contribution in [0.3, 0.4) is 0 Å². The zero-order valence-electron chi connectivity index (χ0n) is 33.1. The molecule has 3 N–H and O–H groups in total. The molecule has 0 atom stereocenters. The predicted molar refractivity (Wildman–Crippen MR) is 238 cm³/mol. The van der Waals surface area contributed by atoms with Crippen LogP contribution in [0, 0.1) is 0 Å². The minimum atomic E-state index is -0.0900. The number of hydrogen-bond donors (Lipinski definition) is 3. The third kappa shape index (κ3) is 9.02. The molecule has 0 aliphatic carbocycles. The Morgan fingerprint density at radius 1 is 0.644 bits per heavy atom. The molecule has 10 rings (SSSR count). The third-order valence-electron chi connectivity index (χ3n) is 11.7. The lowest BCUT2D eigenvalue weighted by atomic mass is 10.1. The Bertz CT molecular complexity index is 2450. The number of piperazine rings is 2. The number of carbonyl (C=O) groups is 2. The van der Waals surface area contributed by atoms with E-state index in [1.54, 1.807) is 0 Å². The van der Waals surface area contributed by atoms with Gasteiger partial charge in [-0.05, 0) is 107 Å². The van der Waals surface area contributed by atoms with Crippen LogP contribution in [0.2, 0.25) is 0 Å². The molecule has 4 aliphatic heterocycles. The molecule has 13 heteroatoms. The zero-order valence-corrected chi connectivity index (χ0v) is 34.7. The molecule has 0 radical (unpaired) electrons. The molecule has 0 saturated carbocycles. The van der Waals surface area contributed by atoms with E-state index in [0.29, 0.717) is 0 Å². The van der Waals surface area contributed by atoms with Crippen LogP contribution in [0.5, 0.6) is 11.5 Å². The first kappa shape index (κ1) is 38.9. The van der Waals surface area contributed by atoms with Crippen LogP contribution in [0.1, 0.15) is 17.5 Å². The highest BCUT2D eigenvalue weighted by Gasteiger charge is 2.22. The maximum Gasteiger partial charge on any atom is 0.262 e. The van der Waals surface area contributed by atoms with Gasteiger partial charge in [0.25, 0.3) is 11.8 Å². The molecule has 0 bridgehead atoms. The number of halogens is 1. The second kappa shape index (κ2) is 17.7. The van der Waals surface area contributed by atoms with E-state index < -0.39 is 0 Å². The molecule has 6 aromatic rings. The van der Waals surface area contributed by atoms with Crippen molar-refractivity contribution >= 4 is 72.3 Å². The number of amides is 2. The fourth-order valence-electron chi connectivity index (χ4n) is 8.50. The van der Waals surface area contributed by atoms with Crippen molar-refractivity contribution in [1.29, 1.82) is 0 Å². The van der Waals surface area contributed by atoms with Gasteiger partial charge >= 0.3 is 0 Å². The van der Waals surface area contributed by atoms with Crippen LogP contribution < -0.4 is 29.9 Å². The van der Waals surface area contributed by atoms with E-state index in [1.807, 2.05) is 36.7 Å². The number of pyridine rings is 1. The van der Waals surface area contributed by atoms with Gasteiger partial charge in [-0.15, -0.1) is 0 Å². The molecule has 2 aromatic heterocycles. The minimum Gasteiger partial charge on any atom is -0.482 e. The van der Waals surface area contributed by atoms with E-state index >= 15 is 0 Å². The van der Waals surface area contributed by atoms with Crippen molar-refractivity contribution in [2.75, 3.05) is 99.1 Å². The molecular formula is C46H49BrN8O4. The summed E-state index contributed by atoms with van der Waals surface area (Å²) < 4.78 is 12.0. The molecule has 0 spiro atoms. The number of ether oxygens (including phenoxy) is 2. The number of fused-ring (bicyclic) bond motifs is 4. The van der Waals surface area contributed by atoms with Gasteiger partial charge in [-0.2, -0.15) is 0 Å². The number of aryl methyl sites for hydroxylation is 1. The summed E-state index contributed by atoms with van der Waals surface area (Å²) in [5, 5.41) is 9.52. The number of aromatic nitrogens is 2. The molecule has 2 saturated heterocycles. The number of aromatic amines is 1. The van der Waals surface area contributed by atoms with Gasteiger partial charge in [0.15, 0.2) is 13.2 Å². The number of rotatable bonds is 9. The van der Waals surface area contributed by atoms with Gasteiger partial charge in [0.2, 0.25) is 0 Å². The van der Waals surface area contributed by atoms with Crippen molar-refractivity contribution in [3.63, 3.8) is 0 Å². The van der Waals surface area contributed by atoms with Gasteiger partial charge in [0.1, 0.15) is 17.3 Å². The van der Waals surface area contributed by atoms with Gasteiger partial charge < -0.3 is 34.9 Å². The smallest absolute Gasteiger partial charge is 0.262 e. The lowest BCUT2D eigenvalue weighted by molar-refractivity contribution is -0.119. The Labute approximate surface area is 352 Å². The normalized spacial score (nSPS) is 17.0. The maximum absolute atomic E-state index is 11.5. The molecular weight excluding hydrogens is 808 g/mol. The SMILES string of the molecule is O=C1COc2ccc(CCCN3CCN(c4ccc(Br)c5[nH]ccc45)CC3)cc2N1.O=C1COc2ccc(CCN3CCN(c4nccc5ccccc45)CC3)cc2N1. The Morgan fingerprint density at radius 2 is 1.29 bits per heavy atom. The maximum atomic E-state index is 11.5. The molecule has 59 heavy (non-hydrogen) atoms. The van der Waals surface area contributed by atoms with Gasteiger partial charge in [0, 0.05) is 92.2 Å². The molecule has 12 nitrogen and oxygen atoms in total. The van der Waals surface area contributed by atoms with Crippen molar-refractivity contribution in [1.82, 2.24) is 19.8 Å². The number of H-pyrrole nitrogens is 1. The van der Waals surface area contributed by atoms with Crippen molar-refractivity contribution < 1.29 is 19.1 Å². The lowest BCUT2D eigenvalue weighted by Gasteiger charge is -2.36. The summed E-state index contributed by atoms with van der Waals surface area (Å²) in [5.74, 6) is 2.43. The third-order valence-corrected chi connectivity index (χ3v) is 12.4. The Hall–Kier alpha value is -5.63. The van der Waals surface area contributed by atoms with Crippen molar-refractivity contribution in [2.24, 2.45) is 0 Å². The van der Waals surface area contributed by atoms with Crippen molar-refractivity contribution in [3.05, 3.63) is 113 Å². The quantitative estimate of drug-likeness (QED) is 0.142. The average molecular weight is 858 g/mol. The second-order valence-corrected chi connectivity index (χ2v) is 16.4. The topological polar surface area (TPSA) is 118 Å². The Kier molecular flexibility index (Phi) is 11.7. The van der Waals surface area contributed by atoms with Crippen LogP contribution >= 0.6 is 15.9 Å². The summed E-state index contributed by atoms with van der Waals surface area (Å²) in [6.45, 7) is 10.6. The average Bonchev–Trinajstić information content (AvgIpc) is 3.78. The molecule has 0 unspecified atom stereocenters.